The highest BCUT2D eigenvalue weighted by atomic mass is 35.5. The molecule has 126 valence electrons. The predicted octanol–water partition coefficient (Wildman–Crippen LogP) is 5.56. The maximum Gasteiger partial charge on any atom is 0.342 e. The molecule has 0 atom stereocenters. The fourth-order valence-corrected chi connectivity index (χ4v) is 2.82. The Bertz CT molecular complexity index is 887. The topological polar surface area (TPSA) is 46.5 Å². The second-order valence-corrected chi connectivity index (χ2v) is 5.95. The van der Waals surface area contributed by atoms with E-state index >= 15 is 0 Å². The minimum atomic E-state index is -0.540. The molecule has 1 N–H and O–H groups in total. The van der Waals surface area contributed by atoms with Crippen LogP contribution in [0, 0.1) is 0 Å². The molecule has 3 aromatic carbocycles. The van der Waals surface area contributed by atoms with Crippen LogP contribution < -0.4 is 0 Å². The van der Waals surface area contributed by atoms with Crippen LogP contribution in [0.4, 0.5) is 0 Å². The van der Waals surface area contributed by atoms with Crippen LogP contribution >= 0.6 is 11.6 Å². The third kappa shape index (κ3) is 3.67. The van der Waals surface area contributed by atoms with Gasteiger partial charge in [-0.2, -0.15) is 0 Å². The van der Waals surface area contributed by atoms with Crippen molar-refractivity contribution in [1.29, 1.82) is 0 Å². The van der Waals surface area contributed by atoms with E-state index in [-0.39, 0.29) is 17.9 Å². The maximum absolute atomic E-state index is 12.4. The summed E-state index contributed by atoms with van der Waals surface area (Å²) in [5, 5.41) is 11.2. The highest BCUT2D eigenvalue weighted by molar-refractivity contribution is 6.30. The molecule has 0 amide bonds. The van der Waals surface area contributed by atoms with E-state index in [2.05, 4.69) is 0 Å². The van der Waals surface area contributed by atoms with Crippen molar-refractivity contribution in [2.24, 2.45) is 0 Å². The molecule has 0 aliphatic heterocycles. The van der Waals surface area contributed by atoms with E-state index < -0.39 is 5.97 Å². The first-order chi connectivity index (χ1) is 12.1. The lowest BCUT2D eigenvalue weighted by atomic mass is 9.93. The van der Waals surface area contributed by atoms with E-state index in [9.17, 15) is 9.90 Å². The van der Waals surface area contributed by atoms with Gasteiger partial charge in [-0.15, -0.1) is 0 Å². The Morgan fingerprint density at radius 2 is 1.64 bits per heavy atom. The largest absolute Gasteiger partial charge is 0.507 e. The van der Waals surface area contributed by atoms with Crippen LogP contribution in [0.1, 0.15) is 17.3 Å². The summed E-state index contributed by atoms with van der Waals surface area (Å²) in [6, 6.07) is 20.2. The molecule has 25 heavy (non-hydrogen) atoms. The fourth-order valence-electron chi connectivity index (χ4n) is 2.70. The van der Waals surface area contributed by atoms with Gasteiger partial charge in [0, 0.05) is 10.6 Å². The molecule has 3 nitrogen and oxygen atoms in total. The first-order valence-electron chi connectivity index (χ1n) is 7.95. The lowest BCUT2D eigenvalue weighted by molar-refractivity contribution is 0.0524. The monoisotopic (exact) mass is 352 g/mol. The number of aromatic hydroxyl groups is 1. The number of benzene rings is 3. The molecule has 4 heteroatoms. The molecule has 0 spiro atoms. The Kier molecular flexibility index (Phi) is 5.05. The zero-order valence-electron chi connectivity index (χ0n) is 13.7. The van der Waals surface area contributed by atoms with Crippen LogP contribution in [0.15, 0.2) is 66.7 Å². The van der Waals surface area contributed by atoms with Crippen molar-refractivity contribution in [3.8, 4) is 28.0 Å². The molecule has 0 aliphatic carbocycles. The smallest absolute Gasteiger partial charge is 0.342 e. The summed E-state index contributed by atoms with van der Waals surface area (Å²) in [5.41, 5.74) is 3.32. The predicted molar refractivity (Wildman–Crippen MR) is 99.9 cm³/mol. The Morgan fingerprint density at radius 3 is 2.28 bits per heavy atom. The normalized spacial score (nSPS) is 10.5. The highest BCUT2D eigenvalue weighted by Crippen LogP contribution is 2.36. The van der Waals surface area contributed by atoms with Gasteiger partial charge in [-0.25, -0.2) is 4.79 Å². The van der Waals surface area contributed by atoms with Crippen molar-refractivity contribution in [2.45, 2.75) is 6.92 Å². The molecule has 0 aromatic heterocycles. The maximum atomic E-state index is 12.4. The molecule has 0 fully saturated rings. The van der Waals surface area contributed by atoms with E-state index in [0.29, 0.717) is 10.6 Å². The number of esters is 1. The number of ether oxygens (including phenoxy) is 1. The van der Waals surface area contributed by atoms with E-state index in [1.165, 1.54) is 0 Å². The number of hydrogen-bond acceptors (Lipinski definition) is 3. The lowest BCUT2D eigenvalue weighted by Gasteiger charge is -2.14. The third-order valence-electron chi connectivity index (χ3n) is 3.86. The van der Waals surface area contributed by atoms with Crippen LogP contribution in [0.3, 0.4) is 0 Å². The van der Waals surface area contributed by atoms with Crippen molar-refractivity contribution in [1.82, 2.24) is 0 Å². The van der Waals surface area contributed by atoms with Crippen molar-refractivity contribution >= 4 is 17.6 Å². The molecule has 0 saturated heterocycles. The number of hydrogen-bond donors (Lipinski definition) is 1. The Hall–Kier alpha value is -2.78. The summed E-state index contributed by atoms with van der Waals surface area (Å²) in [5.74, 6) is -0.647. The number of phenols is 1. The van der Waals surface area contributed by atoms with Crippen LogP contribution in [-0.4, -0.2) is 17.7 Å². The van der Waals surface area contributed by atoms with Gasteiger partial charge in [0.05, 0.1) is 6.61 Å². The van der Waals surface area contributed by atoms with Gasteiger partial charge in [-0.3, -0.25) is 0 Å². The number of halogens is 1. The average Bonchev–Trinajstić information content (AvgIpc) is 2.62. The van der Waals surface area contributed by atoms with Crippen LogP contribution in [0.2, 0.25) is 5.02 Å². The van der Waals surface area contributed by atoms with Crippen LogP contribution in [0.5, 0.6) is 5.75 Å². The number of rotatable bonds is 4. The molecule has 0 heterocycles. The van der Waals surface area contributed by atoms with Gasteiger partial charge in [0.25, 0.3) is 0 Å². The van der Waals surface area contributed by atoms with Crippen molar-refractivity contribution < 1.29 is 14.6 Å². The Morgan fingerprint density at radius 1 is 0.960 bits per heavy atom. The summed E-state index contributed by atoms with van der Waals surface area (Å²) in [4.78, 5) is 12.4. The SMILES string of the molecule is CCOC(=O)c1c(O)cc(-c2ccc(Cl)cc2)cc1-c1ccccc1. The zero-order valence-corrected chi connectivity index (χ0v) is 14.5. The van der Waals surface area contributed by atoms with Crippen LogP contribution in [0.25, 0.3) is 22.3 Å². The van der Waals surface area contributed by atoms with Crippen molar-refractivity contribution in [2.75, 3.05) is 6.61 Å². The zero-order chi connectivity index (χ0) is 17.8. The number of carbonyl (C=O) groups is 1. The second kappa shape index (κ2) is 7.41. The molecule has 0 saturated carbocycles. The molecular formula is C21H17ClO3. The number of phenolic OH excluding ortho intramolecular Hbond substituents is 1. The number of carbonyl (C=O) groups excluding carboxylic acids is 1. The lowest BCUT2D eigenvalue weighted by Crippen LogP contribution is -2.07. The minimum Gasteiger partial charge on any atom is -0.507 e. The molecule has 3 rings (SSSR count). The van der Waals surface area contributed by atoms with Gasteiger partial charge < -0.3 is 9.84 Å². The molecule has 0 radical (unpaired) electrons. The van der Waals surface area contributed by atoms with E-state index in [1.807, 2.05) is 48.5 Å². The summed E-state index contributed by atoms with van der Waals surface area (Å²) >= 11 is 5.95. The molecular weight excluding hydrogens is 336 g/mol. The Balaban J connectivity index is 2.20. The first-order valence-corrected chi connectivity index (χ1v) is 8.33. The van der Waals surface area contributed by atoms with Crippen LogP contribution in [-0.2, 0) is 4.74 Å². The van der Waals surface area contributed by atoms with E-state index in [0.717, 1.165) is 16.7 Å². The highest BCUT2D eigenvalue weighted by Gasteiger charge is 2.20. The minimum absolute atomic E-state index is 0.107. The van der Waals surface area contributed by atoms with Crippen molar-refractivity contribution in [3.05, 3.63) is 77.3 Å². The summed E-state index contributed by atoms with van der Waals surface area (Å²) in [6.45, 7) is 1.98. The molecule has 0 unspecified atom stereocenters. The van der Waals surface area contributed by atoms with E-state index in [4.69, 9.17) is 16.3 Å². The first kappa shape index (κ1) is 17.1. The molecule has 0 bridgehead atoms. The standard InChI is InChI=1S/C21H17ClO3/c1-2-25-21(24)20-18(15-6-4-3-5-7-15)12-16(13-19(20)23)14-8-10-17(22)11-9-14/h3-13,23H,2H2,1H3. The average molecular weight is 353 g/mol. The summed E-state index contributed by atoms with van der Waals surface area (Å²) in [6.07, 6.45) is 0. The summed E-state index contributed by atoms with van der Waals surface area (Å²) < 4.78 is 5.12. The Labute approximate surface area is 151 Å². The van der Waals surface area contributed by atoms with Gasteiger partial charge in [-0.05, 0) is 47.9 Å². The van der Waals surface area contributed by atoms with Gasteiger partial charge in [0.2, 0.25) is 0 Å². The van der Waals surface area contributed by atoms with Crippen molar-refractivity contribution in [3.63, 3.8) is 0 Å². The summed E-state index contributed by atoms with van der Waals surface area (Å²) in [7, 11) is 0. The fraction of sp³-hybridized carbons (Fsp3) is 0.0952. The second-order valence-electron chi connectivity index (χ2n) is 5.51. The molecule has 3 aromatic rings. The van der Waals surface area contributed by atoms with Gasteiger partial charge in [0.1, 0.15) is 11.3 Å². The van der Waals surface area contributed by atoms with Gasteiger partial charge in [-0.1, -0.05) is 54.1 Å². The third-order valence-corrected chi connectivity index (χ3v) is 4.11. The quantitative estimate of drug-likeness (QED) is 0.625. The van der Waals surface area contributed by atoms with Gasteiger partial charge in [0.15, 0.2) is 0 Å². The van der Waals surface area contributed by atoms with Gasteiger partial charge >= 0.3 is 5.97 Å². The van der Waals surface area contributed by atoms with E-state index in [1.54, 1.807) is 25.1 Å². The molecule has 0 aliphatic rings.